The van der Waals surface area contributed by atoms with Crippen LogP contribution in [0.2, 0.25) is 5.15 Å². The molecule has 0 amide bonds. The molecule has 1 aromatic rings. The van der Waals surface area contributed by atoms with Gasteiger partial charge in [0, 0.05) is 13.7 Å². The predicted octanol–water partition coefficient (Wildman–Crippen LogP) is 1.96. The van der Waals surface area contributed by atoms with Crippen LogP contribution in [-0.4, -0.2) is 31.3 Å². The highest BCUT2D eigenvalue weighted by Gasteiger charge is 2.21. The molecule has 2 rings (SSSR count). The minimum atomic E-state index is 0.431. The average Bonchev–Trinajstić information content (AvgIpc) is 2.69. The predicted molar refractivity (Wildman–Crippen MR) is 56.9 cm³/mol. The molecular formula is C10H13ClN2O. The Morgan fingerprint density at radius 3 is 3.07 bits per heavy atom. The molecule has 2 heterocycles. The fraction of sp³-hybridized carbons (Fsp3) is 0.500. The van der Waals surface area contributed by atoms with Crippen molar-refractivity contribution in [2.75, 3.05) is 25.2 Å². The van der Waals surface area contributed by atoms with Gasteiger partial charge in [-0.15, -0.1) is 0 Å². The smallest absolute Gasteiger partial charge is 0.131 e. The van der Waals surface area contributed by atoms with E-state index in [0.717, 1.165) is 25.5 Å². The highest BCUT2D eigenvalue weighted by atomic mass is 35.5. The van der Waals surface area contributed by atoms with Crippen LogP contribution in [0.1, 0.15) is 6.42 Å². The van der Waals surface area contributed by atoms with E-state index in [-0.39, 0.29) is 0 Å². The molecule has 3 nitrogen and oxygen atoms in total. The Kier molecular flexibility index (Phi) is 2.89. The van der Waals surface area contributed by atoms with E-state index in [1.807, 2.05) is 19.2 Å². The average molecular weight is 213 g/mol. The molecule has 14 heavy (non-hydrogen) atoms. The zero-order valence-electron chi connectivity index (χ0n) is 8.11. The van der Waals surface area contributed by atoms with Crippen LogP contribution >= 0.6 is 11.6 Å². The number of anilines is 1. The van der Waals surface area contributed by atoms with Crippen LogP contribution in [0.25, 0.3) is 0 Å². The van der Waals surface area contributed by atoms with Crippen LogP contribution in [0.15, 0.2) is 18.2 Å². The Morgan fingerprint density at radius 2 is 2.43 bits per heavy atom. The molecule has 1 aliphatic rings. The van der Waals surface area contributed by atoms with Gasteiger partial charge in [-0.05, 0) is 18.6 Å². The summed E-state index contributed by atoms with van der Waals surface area (Å²) in [5.74, 6) is 0.910. The topological polar surface area (TPSA) is 25.4 Å². The zero-order chi connectivity index (χ0) is 9.97. The third-order valence-electron chi connectivity index (χ3n) is 2.52. The number of rotatable bonds is 2. The molecule has 76 valence electrons. The highest BCUT2D eigenvalue weighted by Crippen LogP contribution is 2.19. The van der Waals surface area contributed by atoms with Gasteiger partial charge in [-0.3, -0.25) is 0 Å². The van der Waals surface area contributed by atoms with Crippen molar-refractivity contribution in [2.24, 2.45) is 0 Å². The lowest BCUT2D eigenvalue weighted by atomic mass is 10.2. The van der Waals surface area contributed by atoms with E-state index in [0.29, 0.717) is 11.2 Å². The maximum Gasteiger partial charge on any atom is 0.131 e. The van der Waals surface area contributed by atoms with Crippen molar-refractivity contribution in [1.82, 2.24) is 4.98 Å². The summed E-state index contributed by atoms with van der Waals surface area (Å²) in [5, 5.41) is 0.535. The second-order valence-corrected chi connectivity index (χ2v) is 3.83. The van der Waals surface area contributed by atoms with Gasteiger partial charge in [-0.2, -0.15) is 0 Å². The van der Waals surface area contributed by atoms with E-state index in [1.54, 1.807) is 6.07 Å². The molecule has 4 heteroatoms. The Hall–Kier alpha value is -0.800. The van der Waals surface area contributed by atoms with E-state index in [2.05, 4.69) is 9.88 Å². The summed E-state index contributed by atoms with van der Waals surface area (Å²) in [6.45, 7) is 1.63. The summed E-state index contributed by atoms with van der Waals surface area (Å²) in [6.07, 6.45) is 1.06. The van der Waals surface area contributed by atoms with Crippen molar-refractivity contribution in [3.63, 3.8) is 0 Å². The molecule has 1 atom stereocenters. The van der Waals surface area contributed by atoms with E-state index in [4.69, 9.17) is 16.3 Å². The molecule has 0 saturated carbocycles. The first-order valence-electron chi connectivity index (χ1n) is 4.70. The fourth-order valence-corrected chi connectivity index (χ4v) is 1.77. The zero-order valence-corrected chi connectivity index (χ0v) is 8.87. The number of pyridine rings is 1. The largest absolute Gasteiger partial charge is 0.379 e. The van der Waals surface area contributed by atoms with Crippen LogP contribution in [-0.2, 0) is 4.74 Å². The first kappa shape index (κ1) is 9.74. The standard InChI is InChI=1S/C10H13ClN2O/c1-13(8-5-6-14-7-8)10-4-2-3-9(11)12-10/h2-4,8H,5-7H2,1H3. The first-order valence-corrected chi connectivity index (χ1v) is 5.08. The lowest BCUT2D eigenvalue weighted by molar-refractivity contribution is 0.193. The van der Waals surface area contributed by atoms with Crippen molar-refractivity contribution >= 4 is 17.4 Å². The van der Waals surface area contributed by atoms with E-state index in [9.17, 15) is 0 Å². The van der Waals surface area contributed by atoms with Gasteiger partial charge in [-0.25, -0.2) is 4.98 Å². The number of aromatic nitrogens is 1. The monoisotopic (exact) mass is 212 g/mol. The number of ether oxygens (including phenoxy) is 1. The Balaban J connectivity index is 2.13. The minimum absolute atomic E-state index is 0.431. The Morgan fingerprint density at radius 1 is 1.57 bits per heavy atom. The maximum absolute atomic E-state index is 5.83. The summed E-state index contributed by atoms with van der Waals surface area (Å²) in [5.41, 5.74) is 0. The molecule has 1 fully saturated rings. The van der Waals surface area contributed by atoms with E-state index >= 15 is 0 Å². The van der Waals surface area contributed by atoms with E-state index in [1.165, 1.54) is 0 Å². The molecule has 0 bridgehead atoms. The third-order valence-corrected chi connectivity index (χ3v) is 2.73. The Bertz CT molecular complexity index is 313. The van der Waals surface area contributed by atoms with Crippen molar-refractivity contribution in [2.45, 2.75) is 12.5 Å². The highest BCUT2D eigenvalue weighted by molar-refractivity contribution is 6.29. The third kappa shape index (κ3) is 1.99. The second kappa shape index (κ2) is 4.15. The maximum atomic E-state index is 5.83. The number of hydrogen-bond acceptors (Lipinski definition) is 3. The fourth-order valence-electron chi connectivity index (χ4n) is 1.61. The van der Waals surface area contributed by atoms with Gasteiger partial charge in [0.25, 0.3) is 0 Å². The van der Waals surface area contributed by atoms with Gasteiger partial charge < -0.3 is 9.64 Å². The second-order valence-electron chi connectivity index (χ2n) is 3.45. The van der Waals surface area contributed by atoms with Gasteiger partial charge in [0.2, 0.25) is 0 Å². The summed E-state index contributed by atoms with van der Waals surface area (Å²) in [7, 11) is 2.03. The molecule has 1 aliphatic heterocycles. The molecule has 0 aromatic carbocycles. The number of nitrogens with zero attached hydrogens (tertiary/aromatic N) is 2. The number of hydrogen-bond donors (Lipinski definition) is 0. The van der Waals surface area contributed by atoms with E-state index < -0.39 is 0 Å². The van der Waals surface area contributed by atoms with Crippen molar-refractivity contribution in [1.29, 1.82) is 0 Å². The molecule has 0 aliphatic carbocycles. The lowest BCUT2D eigenvalue weighted by Crippen LogP contribution is -2.32. The molecule has 1 unspecified atom stereocenters. The minimum Gasteiger partial charge on any atom is -0.379 e. The molecule has 0 spiro atoms. The van der Waals surface area contributed by atoms with Crippen molar-refractivity contribution in [3.05, 3.63) is 23.4 Å². The molecule has 1 aromatic heterocycles. The summed E-state index contributed by atoms with van der Waals surface area (Å²) < 4.78 is 5.33. The van der Waals surface area contributed by atoms with Gasteiger partial charge in [0.1, 0.15) is 11.0 Å². The van der Waals surface area contributed by atoms with Crippen LogP contribution in [0.5, 0.6) is 0 Å². The van der Waals surface area contributed by atoms with Crippen LogP contribution in [0.3, 0.4) is 0 Å². The molecular weight excluding hydrogens is 200 g/mol. The molecule has 1 saturated heterocycles. The summed E-state index contributed by atoms with van der Waals surface area (Å²) in [4.78, 5) is 6.38. The number of likely N-dealkylation sites (N-methyl/N-ethyl adjacent to an activating group) is 1. The Labute approximate surface area is 88.6 Å². The van der Waals surface area contributed by atoms with Crippen LogP contribution < -0.4 is 4.90 Å². The molecule has 0 radical (unpaired) electrons. The summed E-state index contributed by atoms with van der Waals surface area (Å²) >= 11 is 5.83. The lowest BCUT2D eigenvalue weighted by Gasteiger charge is -2.24. The number of halogens is 1. The SMILES string of the molecule is CN(c1cccc(Cl)n1)C1CCOC1. The van der Waals surface area contributed by atoms with Crippen molar-refractivity contribution < 1.29 is 4.74 Å². The van der Waals surface area contributed by atoms with Gasteiger partial charge in [-0.1, -0.05) is 17.7 Å². The van der Waals surface area contributed by atoms with Crippen LogP contribution in [0.4, 0.5) is 5.82 Å². The first-order chi connectivity index (χ1) is 6.77. The van der Waals surface area contributed by atoms with Gasteiger partial charge in [0.05, 0.1) is 12.6 Å². The molecule has 0 N–H and O–H groups in total. The summed E-state index contributed by atoms with van der Waals surface area (Å²) in [6, 6.07) is 6.09. The quantitative estimate of drug-likeness (QED) is 0.701. The van der Waals surface area contributed by atoms with Gasteiger partial charge in [0.15, 0.2) is 0 Å². The van der Waals surface area contributed by atoms with Gasteiger partial charge >= 0.3 is 0 Å². The normalized spacial score (nSPS) is 21.1. The van der Waals surface area contributed by atoms with Crippen molar-refractivity contribution in [3.8, 4) is 0 Å². The van der Waals surface area contributed by atoms with Crippen LogP contribution in [0, 0.1) is 0 Å².